The summed E-state index contributed by atoms with van der Waals surface area (Å²) in [5, 5.41) is 12.1. The van der Waals surface area contributed by atoms with Gasteiger partial charge in [-0.3, -0.25) is 14.4 Å². The first-order chi connectivity index (χ1) is 17.4. The second-order valence-corrected chi connectivity index (χ2v) is 8.84. The second kappa shape index (κ2) is 10.9. The van der Waals surface area contributed by atoms with Crippen LogP contribution in [-0.2, 0) is 20.9 Å². The molecule has 1 saturated heterocycles. The molecule has 1 N–H and O–H groups in total. The van der Waals surface area contributed by atoms with Gasteiger partial charge in [0.15, 0.2) is 0 Å². The summed E-state index contributed by atoms with van der Waals surface area (Å²) in [6.07, 6.45) is 0.121. The van der Waals surface area contributed by atoms with E-state index in [-0.39, 0.29) is 18.2 Å². The van der Waals surface area contributed by atoms with Crippen LogP contribution in [0.2, 0.25) is 0 Å². The molecule has 182 valence electrons. The van der Waals surface area contributed by atoms with Crippen molar-refractivity contribution in [2.45, 2.75) is 32.0 Å². The minimum atomic E-state index is -0.882. The Balaban J connectivity index is 1.71. The number of likely N-dealkylation sites (tertiary alicyclic amines) is 1. The van der Waals surface area contributed by atoms with Crippen molar-refractivity contribution in [3.8, 4) is 6.07 Å². The van der Waals surface area contributed by atoms with Crippen molar-refractivity contribution in [3.05, 3.63) is 107 Å². The fourth-order valence-electron chi connectivity index (χ4n) is 4.64. The lowest BCUT2D eigenvalue weighted by Gasteiger charge is -2.31. The minimum Gasteiger partial charge on any atom is -0.469 e. The smallest absolute Gasteiger partial charge is 0.311 e. The van der Waals surface area contributed by atoms with Crippen molar-refractivity contribution in [2.75, 3.05) is 7.11 Å². The minimum absolute atomic E-state index is 0.121. The number of carbonyl (C=O) groups excluding carboxylic acids is 3. The Morgan fingerprint density at radius 2 is 1.67 bits per heavy atom. The highest BCUT2D eigenvalue weighted by atomic mass is 16.5. The number of nitrogens with zero attached hydrogens (tertiary/aromatic N) is 2. The largest absolute Gasteiger partial charge is 0.469 e. The SMILES string of the molecule is COC(=O)C1CC(C(=O)NCc2ccc(C)cc2)N(C(=O)c2ccccc2)C1c1ccc(C#N)cc1. The molecule has 1 aliphatic heterocycles. The van der Waals surface area contributed by atoms with E-state index in [0.717, 1.165) is 11.1 Å². The molecule has 3 unspecified atom stereocenters. The highest BCUT2D eigenvalue weighted by Gasteiger charge is 2.51. The van der Waals surface area contributed by atoms with Crippen LogP contribution in [0.15, 0.2) is 78.9 Å². The summed E-state index contributed by atoms with van der Waals surface area (Å²) in [6.45, 7) is 2.29. The molecule has 3 atom stereocenters. The van der Waals surface area contributed by atoms with Crippen LogP contribution < -0.4 is 5.32 Å². The number of nitrogens with one attached hydrogen (secondary N) is 1. The Hall–Kier alpha value is -4.44. The number of ether oxygens (including phenoxy) is 1. The number of esters is 1. The van der Waals surface area contributed by atoms with Crippen molar-refractivity contribution in [1.82, 2.24) is 10.2 Å². The van der Waals surface area contributed by atoms with Crippen molar-refractivity contribution in [3.63, 3.8) is 0 Å². The second-order valence-electron chi connectivity index (χ2n) is 8.84. The third-order valence-electron chi connectivity index (χ3n) is 6.52. The standard InChI is InChI=1S/C29H27N3O4/c1-19-8-10-21(11-9-19)18-31-27(33)25-16-24(29(35)36-2)26(22-14-12-20(17-30)13-15-22)32(25)28(34)23-6-4-3-5-7-23/h3-15,24-26H,16,18H2,1-2H3,(H,31,33). The Bertz CT molecular complexity index is 1280. The first-order valence-corrected chi connectivity index (χ1v) is 11.7. The molecule has 0 saturated carbocycles. The van der Waals surface area contributed by atoms with Gasteiger partial charge in [-0.05, 0) is 48.7 Å². The van der Waals surface area contributed by atoms with E-state index in [9.17, 15) is 19.6 Å². The number of benzene rings is 3. The summed E-state index contributed by atoms with van der Waals surface area (Å²) in [7, 11) is 1.30. The van der Waals surface area contributed by atoms with Crippen LogP contribution >= 0.6 is 0 Å². The normalized spacial score (nSPS) is 18.8. The zero-order valence-electron chi connectivity index (χ0n) is 20.2. The Morgan fingerprint density at radius 3 is 2.28 bits per heavy atom. The number of carbonyl (C=O) groups is 3. The molecule has 0 spiro atoms. The van der Waals surface area contributed by atoms with Gasteiger partial charge in [0.1, 0.15) is 6.04 Å². The van der Waals surface area contributed by atoms with Crippen LogP contribution in [0.25, 0.3) is 0 Å². The fourth-order valence-corrected chi connectivity index (χ4v) is 4.64. The maximum Gasteiger partial charge on any atom is 0.311 e. The summed E-state index contributed by atoms with van der Waals surface area (Å²) >= 11 is 0. The number of hydrogen-bond acceptors (Lipinski definition) is 5. The van der Waals surface area contributed by atoms with Crippen LogP contribution in [0.1, 0.15) is 45.1 Å². The number of methoxy groups -OCH3 is 1. The van der Waals surface area contributed by atoms with E-state index in [1.807, 2.05) is 37.3 Å². The molecule has 0 bridgehead atoms. The summed E-state index contributed by atoms with van der Waals surface area (Å²) in [4.78, 5) is 41.6. The van der Waals surface area contributed by atoms with Crippen molar-refractivity contribution in [2.24, 2.45) is 5.92 Å². The number of hydrogen-bond donors (Lipinski definition) is 1. The maximum atomic E-state index is 13.8. The predicted molar refractivity (Wildman–Crippen MR) is 133 cm³/mol. The zero-order chi connectivity index (χ0) is 25.7. The Labute approximate surface area is 210 Å². The van der Waals surface area contributed by atoms with E-state index in [1.165, 1.54) is 12.0 Å². The van der Waals surface area contributed by atoms with Gasteiger partial charge in [-0.2, -0.15) is 5.26 Å². The summed E-state index contributed by atoms with van der Waals surface area (Å²) < 4.78 is 5.07. The van der Waals surface area contributed by atoms with Crippen LogP contribution in [0.3, 0.4) is 0 Å². The third kappa shape index (κ3) is 5.13. The first kappa shape index (κ1) is 24.7. The van der Waals surface area contributed by atoms with Gasteiger partial charge in [-0.15, -0.1) is 0 Å². The van der Waals surface area contributed by atoms with E-state index >= 15 is 0 Å². The molecule has 1 heterocycles. The third-order valence-corrected chi connectivity index (χ3v) is 6.52. The number of nitriles is 1. The molecule has 3 aromatic carbocycles. The predicted octanol–water partition coefficient (Wildman–Crippen LogP) is 3.93. The molecule has 7 nitrogen and oxygen atoms in total. The average Bonchev–Trinajstić information content (AvgIpc) is 3.33. The monoisotopic (exact) mass is 481 g/mol. The molecular formula is C29H27N3O4. The molecular weight excluding hydrogens is 454 g/mol. The lowest BCUT2D eigenvalue weighted by molar-refractivity contribution is -0.146. The van der Waals surface area contributed by atoms with E-state index < -0.39 is 24.0 Å². The number of rotatable bonds is 6. The first-order valence-electron chi connectivity index (χ1n) is 11.7. The van der Waals surface area contributed by atoms with Gasteiger partial charge < -0.3 is 15.0 Å². The van der Waals surface area contributed by atoms with Crippen LogP contribution in [0.4, 0.5) is 0 Å². The lowest BCUT2D eigenvalue weighted by atomic mass is 9.92. The average molecular weight is 482 g/mol. The van der Waals surface area contributed by atoms with E-state index in [1.54, 1.807) is 48.5 Å². The molecule has 1 fully saturated rings. The molecule has 0 radical (unpaired) electrons. The van der Waals surface area contributed by atoms with Crippen molar-refractivity contribution in [1.29, 1.82) is 5.26 Å². The summed E-state index contributed by atoms with van der Waals surface area (Å²) in [6, 6.07) is 23.7. The molecule has 0 aliphatic carbocycles. The maximum absolute atomic E-state index is 13.8. The van der Waals surface area contributed by atoms with Crippen molar-refractivity contribution < 1.29 is 19.1 Å². The van der Waals surface area contributed by atoms with Gasteiger partial charge in [-0.25, -0.2) is 0 Å². The highest BCUT2D eigenvalue weighted by molar-refractivity contribution is 5.99. The van der Waals surface area contributed by atoms with Crippen LogP contribution in [0.5, 0.6) is 0 Å². The topological polar surface area (TPSA) is 99.5 Å². The van der Waals surface area contributed by atoms with Gasteiger partial charge in [0, 0.05) is 12.1 Å². The molecule has 1 aliphatic rings. The van der Waals surface area contributed by atoms with E-state index in [0.29, 0.717) is 23.2 Å². The van der Waals surface area contributed by atoms with Gasteiger partial charge in [0.25, 0.3) is 5.91 Å². The van der Waals surface area contributed by atoms with E-state index in [2.05, 4.69) is 11.4 Å². The molecule has 3 aromatic rings. The van der Waals surface area contributed by atoms with Gasteiger partial charge >= 0.3 is 5.97 Å². The lowest BCUT2D eigenvalue weighted by Crippen LogP contribution is -2.46. The number of aryl methyl sites for hydroxylation is 1. The molecule has 7 heteroatoms. The van der Waals surface area contributed by atoms with Crippen LogP contribution in [-0.4, -0.2) is 35.8 Å². The Morgan fingerprint density at radius 1 is 1.00 bits per heavy atom. The highest BCUT2D eigenvalue weighted by Crippen LogP contribution is 2.43. The fraction of sp³-hybridized carbons (Fsp3) is 0.241. The van der Waals surface area contributed by atoms with Crippen molar-refractivity contribution >= 4 is 17.8 Å². The molecule has 4 rings (SSSR count). The number of amides is 2. The zero-order valence-corrected chi connectivity index (χ0v) is 20.2. The van der Waals surface area contributed by atoms with Gasteiger partial charge in [0.2, 0.25) is 5.91 Å². The summed E-state index contributed by atoms with van der Waals surface area (Å²) in [5.74, 6) is -1.94. The molecule has 2 amide bonds. The Kier molecular flexibility index (Phi) is 7.45. The van der Waals surface area contributed by atoms with Gasteiger partial charge in [0.05, 0.1) is 30.7 Å². The van der Waals surface area contributed by atoms with Crippen LogP contribution in [0, 0.1) is 24.2 Å². The van der Waals surface area contributed by atoms with Gasteiger partial charge in [-0.1, -0.05) is 60.2 Å². The summed E-state index contributed by atoms with van der Waals surface area (Å²) in [5.41, 5.74) is 3.58. The molecule has 36 heavy (non-hydrogen) atoms. The van der Waals surface area contributed by atoms with E-state index in [4.69, 9.17) is 4.74 Å². The quantitative estimate of drug-likeness (QED) is 0.538. The molecule has 0 aromatic heterocycles.